The highest BCUT2D eigenvalue weighted by molar-refractivity contribution is 7.97. The van der Waals surface area contributed by atoms with Gasteiger partial charge in [0, 0.05) is 56.7 Å². The molecule has 2 aromatic heterocycles. The van der Waals surface area contributed by atoms with Gasteiger partial charge in [0.1, 0.15) is 17.5 Å². The number of rotatable bonds is 7. The van der Waals surface area contributed by atoms with E-state index in [-0.39, 0.29) is 11.3 Å². The topological polar surface area (TPSA) is 120 Å². The van der Waals surface area contributed by atoms with E-state index in [1.165, 1.54) is 11.9 Å². The average Bonchev–Trinajstić information content (AvgIpc) is 3.63. The van der Waals surface area contributed by atoms with Crippen LogP contribution in [0.15, 0.2) is 71.9 Å². The molecular weight excluding hydrogens is 740 g/mol. The molecule has 14 heteroatoms. The van der Waals surface area contributed by atoms with Crippen LogP contribution in [0.5, 0.6) is 5.88 Å². The van der Waals surface area contributed by atoms with E-state index in [0.717, 1.165) is 113 Å². The van der Waals surface area contributed by atoms with Crippen LogP contribution in [-0.4, -0.2) is 72.8 Å². The predicted octanol–water partition coefficient (Wildman–Crippen LogP) is 8.65. The van der Waals surface area contributed by atoms with E-state index in [9.17, 15) is 18.0 Å². The van der Waals surface area contributed by atoms with Crippen molar-refractivity contribution in [3.8, 4) is 5.88 Å². The van der Waals surface area contributed by atoms with Crippen molar-refractivity contribution in [1.82, 2.24) is 24.8 Å². The number of hydrogen-bond donors (Lipinski definition) is 3. The number of fused-ring (bicyclic) bond motifs is 3. The molecule has 1 aromatic carbocycles. The monoisotopic (exact) mass is 799 g/mol. The zero-order chi connectivity index (χ0) is 40.6. The second kappa shape index (κ2) is 21.5. The summed E-state index contributed by atoms with van der Waals surface area (Å²) >= 11 is 1.51. The summed E-state index contributed by atoms with van der Waals surface area (Å²) in [5.41, 5.74) is 8.23. The van der Waals surface area contributed by atoms with E-state index in [0.29, 0.717) is 30.4 Å². The number of carbonyl (C=O) groups is 1. The number of nitrogens with zero attached hydrogens (tertiary/aromatic N) is 4. The third-order valence-electron chi connectivity index (χ3n) is 9.46. The van der Waals surface area contributed by atoms with Crippen molar-refractivity contribution in [2.24, 2.45) is 16.6 Å². The third kappa shape index (κ3) is 14.5. The van der Waals surface area contributed by atoms with Crippen LogP contribution in [0, 0.1) is 10.8 Å². The number of nitrogens with one attached hydrogen (secondary N) is 2. The highest BCUT2D eigenvalue weighted by atomic mass is 32.2. The number of halogens is 3. The van der Waals surface area contributed by atoms with Gasteiger partial charge < -0.3 is 25.4 Å². The van der Waals surface area contributed by atoms with Gasteiger partial charge in [-0.1, -0.05) is 70.0 Å². The Balaban J connectivity index is 0.000000678. The van der Waals surface area contributed by atoms with Crippen molar-refractivity contribution in [3.05, 3.63) is 78.0 Å². The van der Waals surface area contributed by atoms with Gasteiger partial charge in [-0.15, -0.1) is 5.10 Å². The van der Waals surface area contributed by atoms with Gasteiger partial charge in [-0.3, -0.25) is 9.52 Å². The zero-order valence-electron chi connectivity index (χ0n) is 33.5. The van der Waals surface area contributed by atoms with Gasteiger partial charge >= 0.3 is 6.18 Å². The lowest BCUT2D eigenvalue weighted by molar-refractivity contribution is -0.219. The molecule has 0 unspecified atom stereocenters. The van der Waals surface area contributed by atoms with E-state index in [4.69, 9.17) is 20.2 Å². The second-order valence-electron chi connectivity index (χ2n) is 16.1. The summed E-state index contributed by atoms with van der Waals surface area (Å²) in [5, 5.41) is 8.10. The van der Waals surface area contributed by atoms with Crippen LogP contribution in [0.3, 0.4) is 0 Å². The SMILES string of the molecule is CC(C)(C)CN1CCCCCCc2ccccc2/C(N)=C(n2ccc(OCC(C)(C)C(F)(F)F)n2)/C=C\CCNSc2cccc1n2.O=CNC1CCOCC1. The summed E-state index contributed by atoms with van der Waals surface area (Å²) in [6, 6.07) is 16.2. The van der Waals surface area contributed by atoms with Crippen LogP contribution in [-0.2, 0) is 16.0 Å². The van der Waals surface area contributed by atoms with Crippen molar-refractivity contribution in [1.29, 1.82) is 0 Å². The predicted molar refractivity (Wildman–Crippen MR) is 220 cm³/mol. The molecule has 4 N–H and O–H groups in total. The van der Waals surface area contributed by atoms with Crippen molar-refractivity contribution >= 4 is 35.6 Å². The minimum absolute atomic E-state index is 0.101. The van der Waals surface area contributed by atoms with Crippen LogP contribution in [0.1, 0.15) is 90.7 Å². The van der Waals surface area contributed by atoms with E-state index >= 15 is 0 Å². The molecule has 0 atom stereocenters. The zero-order valence-corrected chi connectivity index (χ0v) is 34.4. The first-order chi connectivity index (χ1) is 26.7. The number of amides is 1. The Labute approximate surface area is 335 Å². The number of alkyl halides is 3. The molecule has 0 saturated carbocycles. The maximum atomic E-state index is 13.4. The standard InChI is InChI=1S/C36H49F3N6OS.C6H11NO2/c1-34(2,3)25-44-23-13-7-6-8-15-27-16-9-10-17-28(27)33(40)29(18-11-12-22-41-47-32-20-14-19-30(44)42-32)45-24-21-31(43-45)46-26-35(4,5)36(37,38)39;8-5-7-6-1-3-9-4-2-6/h9-11,14,16-21,24,41H,6-8,12-13,15,22-23,25-26,40H2,1-5H3;5-6H,1-4H2,(H,7,8)/b18-11-,33-29+;. The second-order valence-corrected chi connectivity index (χ2v) is 17.0. The summed E-state index contributed by atoms with van der Waals surface area (Å²) in [5.74, 6) is 1.11. The molecule has 1 saturated heterocycles. The summed E-state index contributed by atoms with van der Waals surface area (Å²) < 4.78 is 55.8. The molecule has 4 heterocycles. The maximum absolute atomic E-state index is 13.4. The van der Waals surface area contributed by atoms with Crippen LogP contribution in [0.4, 0.5) is 19.0 Å². The van der Waals surface area contributed by atoms with E-state index < -0.39 is 18.2 Å². The molecule has 308 valence electrons. The van der Waals surface area contributed by atoms with Crippen molar-refractivity contribution in [3.63, 3.8) is 0 Å². The first-order valence-corrected chi connectivity index (χ1v) is 20.4. The fourth-order valence-electron chi connectivity index (χ4n) is 6.16. The molecule has 0 spiro atoms. The number of aryl methyl sites for hydroxylation is 1. The Morgan fingerprint density at radius 3 is 2.50 bits per heavy atom. The van der Waals surface area contributed by atoms with Gasteiger partial charge in [-0.05, 0) is 93.5 Å². The minimum atomic E-state index is -4.40. The maximum Gasteiger partial charge on any atom is 0.397 e. The number of benzene rings is 1. The Bertz CT molecular complexity index is 1720. The quantitative estimate of drug-likeness (QED) is 0.159. The summed E-state index contributed by atoms with van der Waals surface area (Å²) in [4.78, 5) is 17.3. The Morgan fingerprint density at radius 1 is 1.02 bits per heavy atom. The lowest BCUT2D eigenvalue weighted by atomic mass is 9.94. The van der Waals surface area contributed by atoms with Crippen LogP contribution in [0.2, 0.25) is 0 Å². The number of pyridine rings is 1. The number of anilines is 1. The Kier molecular flexibility index (Phi) is 17.2. The lowest BCUT2D eigenvalue weighted by Crippen LogP contribution is -2.37. The fourth-order valence-corrected chi connectivity index (χ4v) is 6.82. The summed E-state index contributed by atoms with van der Waals surface area (Å²) in [6.07, 6.45) is 9.76. The first-order valence-electron chi connectivity index (χ1n) is 19.6. The van der Waals surface area contributed by atoms with Gasteiger partial charge in [-0.2, -0.15) is 13.2 Å². The third-order valence-corrected chi connectivity index (χ3v) is 10.2. The number of carbonyl (C=O) groups excluding carboxylic acids is 1. The molecule has 3 aromatic rings. The Morgan fingerprint density at radius 2 is 1.77 bits per heavy atom. The van der Waals surface area contributed by atoms with E-state index in [2.05, 4.69) is 59.0 Å². The van der Waals surface area contributed by atoms with Crippen LogP contribution in [0.25, 0.3) is 11.4 Å². The molecule has 0 aliphatic carbocycles. The number of hydrogen-bond acceptors (Lipinski definition) is 9. The average molecular weight is 800 g/mol. The van der Waals surface area contributed by atoms with Gasteiger partial charge in [-0.25, -0.2) is 9.67 Å². The van der Waals surface area contributed by atoms with E-state index in [1.54, 1.807) is 16.9 Å². The summed E-state index contributed by atoms with van der Waals surface area (Å²) in [7, 11) is 0. The largest absolute Gasteiger partial charge is 0.476 e. The molecule has 1 amide bonds. The number of ether oxygens (including phenoxy) is 2. The molecule has 5 rings (SSSR count). The first kappa shape index (κ1) is 44.7. The number of aromatic nitrogens is 3. The van der Waals surface area contributed by atoms with E-state index in [1.807, 2.05) is 36.4 Å². The highest BCUT2D eigenvalue weighted by Crippen LogP contribution is 2.38. The summed E-state index contributed by atoms with van der Waals surface area (Å²) in [6.45, 7) is 12.6. The highest BCUT2D eigenvalue weighted by Gasteiger charge is 2.48. The molecule has 2 aliphatic rings. The molecule has 0 radical (unpaired) electrons. The number of nitrogens with two attached hydrogens (primary N) is 1. The van der Waals surface area contributed by atoms with Crippen molar-refractivity contribution in [2.45, 2.75) is 103 Å². The molecule has 2 aliphatic heterocycles. The molecule has 2 bridgehead atoms. The normalized spacial score (nSPS) is 19.2. The fraction of sp³-hybridized carbons (Fsp3) is 0.548. The minimum Gasteiger partial charge on any atom is -0.476 e. The van der Waals surface area contributed by atoms with Gasteiger partial charge in [0.25, 0.3) is 0 Å². The van der Waals surface area contributed by atoms with Crippen molar-refractivity contribution in [2.75, 3.05) is 44.4 Å². The van der Waals surface area contributed by atoms with Gasteiger partial charge in [0.05, 0.1) is 16.8 Å². The molecule has 56 heavy (non-hydrogen) atoms. The molecular formula is C42H60F3N7O3S. The van der Waals surface area contributed by atoms with Crippen LogP contribution < -0.4 is 25.4 Å². The lowest BCUT2D eigenvalue weighted by Gasteiger charge is -2.31. The smallest absolute Gasteiger partial charge is 0.397 e. The van der Waals surface area contributed by atoms with Crippen LogP contribution >= 0.6 is 11.9 Å². The number of allylic oxidation sites excluding steroid dienone is 2. The molecule has 1 fully saturated rings. The van der Waals surface area contributed by atoms with Gasteiger partial charge in [0.15, 0.2) is 0 Å². The van der Waals surface area contributed by atoms with Crippen molar-refractivity contribution < 1.29 is 27.4 Å². The molecule has 10 nitrogen and oxygen atoms in total. The van der Waals surface area contributed by atoms with Gasteiger partial charge in [0.2, 0.25) is 12.3 Å². The Hall–Kier alpha value is -4.01.